The van der Waals surface area contributed by atoms with Crippen LogP contribution in [0.2, 0.25) is 0 Å². The molecule has 0 aromatic heterocycles. The van der Waals surface area contributed by atoms with Crippen LogP contribution < -0.4 is 16.4 Å². The van der Waals surface area contributed by atoms with Crippen LogP contribution in [0.15, 0.2) is 0 Å². The highest BCUT2D eigenvalue weighted by Gasteiger charge is 2.23. The third-order valence-corrected chi connectivity index (χ3v) is 2.22. The molecule has 0 aromatic carbocycles. The molecule has 0 rings (SSSR count). The molecule has 8 heteroatoms. The molecule has 0 aliphatic heterocycles. The highest BCUT2D eigenvalue weighted by molar-refractivity contribution is 5.87. The Morgan fingerprint density at radius 1 is 1.37 bits per heavy atom. The van der Waals surface area contributed by atoms with Crippen LogP contribution in [-0.2, 0) is 14.3 Å². The predicted octanol–water partition coefficient (Wildman–Crippen LogP) is -0.571. The standard InChI is InChI=1S/C11H21N3O5/c1-4-19-11(2,3)6-13-10(18)14-7(9(16)17)5-8(12)15/h7H,4-6H2,1-3H3,(H2,12,15)(H,16,17)(H2,13,14,18)/t7-/m0/s1. The molecule has 0 bridgehead atoms. The van der Waals surface area contributed by atoms with Crippen LogP contribution in [-0.4, -0.2) is 47.8 Å². The van der Waals surface area contributed by atoms with Gasteiger partial charge in [-0.25, -0.2) is 9.59 Å². The lowest BCUT2D eigenvalue weighted by molar-refractivity contribution is -0.140. The maximum atomic E-state index is 11.5. The van der Waals surface area contributed by atoms with Crippen molar-refractivity contribution < 1.29 is 24.2 Å². The molecule has 0 saturated carbocycles. The lowest BCUT2D eigenvalue weighted by Crippen LogP contribution is -2.50. The summed E-state index contributed by atoms with van der Waals surface area (Å²) in [5.74, 6) is -2.12. The van der Waals surface area contributed by atoms with Crippen LogP contribution in [0.1, 0.15) is 27.2 Å². The van der Waals surface area contributed by atoms with Crippen molar-refractivity contribution in [1.29, 1.82) is 0 Å². The Bertz CT molecular complexity index is 343. The van der Waals surface area contributed by atoms with E-state index in [1.807, 2.05) is 6.92 Å². The average Bonchev–Trinajstić information content (AvgIpc) is 2.25. The molecule has 8 nitrogen and oxygen atoms in total. The summed E-state index contributed by atoms with van der Waals surface area (Å²) in [7, 11) is 0. The fourth-order valence-electron chi connectivity index (χ4n) is 1.35. The van der Waals surface area contributed by atoms with Gasteiger partial charge in [0.25, 0.3) is 0 Å². The number of nitrogens with one attached hydrogen (secondary N) is 2. The number of carboxylic acid groups (broad SMARTS) is 1. The smallest absolute Gasteiger partial charge is 0.326 e. The van der Waals surface area contributed by atoms with Crippen molar-refractivity contribution in [1.82, 2.24) is 10.6 Å². The monoisotopic (exact) mass is 275 g/mol. The molecule has 0 heterocycles. The van der Waals surface area contributed by atoms with Gasteiger partial charge in [0.15, 0.2) is 0 Å². The van der Waals surface area contributed by atoms with E-state index in [9.17, 15) is 14.4 Å². The molecule has 0 spiro atoms. The number of urea groups is 1. The van der Waals surface area contributed by atoms with Gasteiger partial charge in [0.05, 0.1) is 12.0 Å². The van der Waals surface area contributed by atoms with Gasteiger partial charge in [0.1, 0.15) is 6.04 Å². The maximum Gasteiger partial charge on any atom is 0.326 e. The van der Waals surface area contributed by atoms with Crippen molar-refractivity contribution in [3.8, 4) is 0 Å². The van der Waals surface area contributed by atoms with Crippen molar-refractivity contribution in [2.45, 2.75) is 38.8 Å². The number of carboxylic acids is 1. The van der Waals surface area contributed by atoms with Gasteiger partial charge in [-0.15, -0.1) is 0 Å². The van der Waals surface area contributed by atoms with E-state index in [-0.39, 0.29) is 6.54 Å². The summed E-state index contributed by atoms with van der Waals surface area (Å²) in [6.07, 6.45) is -0.461. The van der Waals surface area contributed by atoms with E-state index in [2.05, 4.69) is 10.6 Å². The van der Waals surface area contributed by atoms with E-state index in [1.54, 1.807) is 13.8 Å². The van der Waals surface area contributed by atoms with Crippen LogP contribution in [0.25, 0.3) is 0 Å². The molecule has 0 fully saturated rings. The second-order valence-corrected chi connectivity index (χ2v) is 4.58. The van der Waals surface area contributed by atoms with Crippen LogP contribution in [0.4, 0.5) is 4.79 Å². The van der Waals surface area contributed by atoms with Crippen molar-refractivity contribution in [3.63, 3.8) is 0 Å². The zero-order valence-electron chi connectivity index (χ0n) is 11.4. The molecule has 0 aromatic rings. The van der Waals surface area contributed by atoms with E-state index in [1.165, 1.54) is 0 Å². The van der Waals surface area contributed by atoms with Crippen LogP contribution in [0.3, 0.4) is 0 Å². The van der Waals surface area contributed by atoms with Crippen molar-refractivity contribution in [2.24, 2.45) is 5.73 Å². The van der Waals surface area contributed by atoms with Gasteiger partial charge in [-0.05, 0) is 20.8 Å². The Kier molecular flexibility index (Phi) is 6.84. The first-order chi connectivity index (χ1) is 8.68. The maximum absolute atomic E-state index is 11.5. The molecule has 0 saturated heterocycles. The van der Waals surface area contributed by atoms with Crippen LogP contribution >= 0.6 is 0 Å². The topological polar surface area (TPSA) is 131 Å². The molecular formula is C11H21N3O5. The van der Waals surface area contributed by atoms with Gasteiger partial charge >= 0.3 is 12.0 Å². The van der Waals surface area contributed by atoms with Crippen LogP contribution in [0, 0.1) is 0 Å². The molecule has 0 radical (unpaired) electrons. The number of hydrogen-bond acceptors (Lipinski definition) is 4. The summed E-state index contributed by atoms with van der Waals surface area (Å²) in [4.78, 5) is 33.0. The van der Waals surface area contributed by atoms with Gasteiger partial charge in [-0.2, -0.15) is 0 Å². The predicted molar refractivity (Wildman–Crippen MR) is 67.5 cm³/mol. The van der Waals surface area contributed by atoms with Gasteiger partial charge < -0.3 is 26.2 Å². The van der Waals surface area contributed by atoms with E-state index in [0.717, 1.165) is 0 Å². The molecule has 0 aliphatic carbocycles. The molecule has 19 heavy (non-hydrogen) atoms. The first-order valence-corrected chi connectivity index (χ1v) is 5.87. The number of amides is 3. The van der Waals surface area contributed by atoms with Crippen molar-refractivity contribution in [2.75, 3.05) is 13.2 Å². The molecule has 3 amide bonds. The molecule has 110 valence electrons. The van der Waals surface area contributed by atoms with E-state index < -0.39 is 36.0 Å². The van der Waals surface area contributed by atoms with Gasteiger partial charge in [-0.1, -0.05) is 0 Å². The van der Waals surface area contributed by atoms with E-state index in [4.69, 9.17) is 15.6 Å². The fourth-order valence-corrected chi connectivity index (χ4v) is 1.35. The summed E-state index contributed by atoms with van der Waals surface area (Å²) < 4.78 is 5.36. The lowest BCUT2D eigenvalue weighted by Gasteiger charge is -2.25. The van der Waals surface area contributed by atoms with Crippen molar-refractivity contribution >= 4 is 17.9 Å². The zero-order valence-corrected chi connectivity index (χ0v) is 11.4. The first kappa shape index (κ1) is 17.2. The minimum absolute atomic E-state index is 0.204. The molecular weight excluding hydrogens is 254 g/mol. The fraction of sp³-hybridized carbons (Fsp3) is 0.727. The second-order valence-electron chi connectivity index (χ2n) is 4.58. The summed E-state index contributed by atoms with van der Waals surface area (Å²) in [5.41, 5.74) is 4.33. The molecule has 1 atom stereocenters. The number of nitrogens with two attached hydrogens (primary N) is 1. The summed E-state index contributed by atoms with van der Waals surface area (Å²) in [6, 6.07) is -2.03. The molecule has 0 unspecified atom stereocenters. The van der Waals surface area contributed by atoms with Gasteiger partial charge in [0, 0.05) is 13.2 Å². The highest BCUT2D eigenvalue weighted by atomic mass is 16.5. The Morgan fingerprint density at radius 2 is 1.95 bits per heavy atom. The van der Waals surface area contributed by atoms with Gasteiger partial charge in [-0.3, -0.25) is 4.79 Å². The molecule has 0 aliphatic rings. The number of primary amides is 1. The zero-order chi connectivity index (χ0) is 15.1. The Morgan fingerprint density at radius 3 is 2.37 bits per heavy atom. The molecule has 5 N–H and O–H groups in total. The van der Waals surface area contributed by atoms with E-state index >= 15 is 0 Å². The third kappa shape index (κ3) is 7.98. The second kappa shape index (κ2) is 7.57. The Balaban J connectivity index is 4.27. The van der Waals surface area contributed by atoms with Crippen LogP contribution in [0.5, 0.6) is 0 Å². The largest absolute Gasteiger partial charge is 0.480 e. The van der Waals surface area contributed by atoms with Gasteiger partial charge in [0.2, 0.25) is 5.91 Å². The number of ether oxygens (including phenoxy) is 1. The quantitative estimate of drug-likeness (QED) is 0.471. The summed E-state index contributed by atoms with van der Waals surface area (Å²) in [5, 5.41) is 13.4. The number of rotatable bonds is 8. The van der Waals surface area contributed by atoms with E-state index in [0.29, 0.717) is 6.61 Å². The minimum atomic E-state index is -1.34. The lowest BCUT2D eigenvalue weighted by atomic mass is 10.1. The number of carbonyl (C=O) groups is 3. The number of carbonyl (C=O) groups excluding carboxylic acids is 2. The number of hydrogen-bond donors (Lipinski definition) is 4. The minimum Gasteiger partial charge on any atom is -0.480 e. The Labute approximate surface area is 111 Å². The normalized spacial score (nSPS) is 12.6. The number of aliphatic carboxylic acids is 1. The third-order valence-electron chi connectivity index (χ3n) is 2.22. The SMILES string of the molecule is CCOC(C)(C)CNC(=O)N[C@@H](CC(N)=O)C(=O)O. The Hall–Kier alpha value is -1.83. The average molecular weight is 275 g/mol. The first-order valence-electron chi connectivity index (χ1n) is 5.87. The van der Waals surface area contributed by atoms with Crippen molar-refractivity contribution in [3.05, 3.63) is 0 Å². The highest BCUT2D eigenvalue weighted by Crippen LogP contribution is 2.06. The summed E-state index contributed by atoms with van der Waals surface area (Å²) >= 11 is 0. The summed E-state index contributed by atoms with van der Waals surface area (Å²) in [6.45, 7) is 6.10.